The van der Waals surface area contributed by atoms with Gasteiger partial charge in [0.1, 0.15) is 0 Å². The van der Waals surface area contributed by atoms with Crippen LogP contribution in [0.1, 0.15) is 28.0 Å². The Balaban J connectivity index is 1.45. The van der Waals surface area contributed by atoms with Gasteiger partial charge in [-0.3, -0.25) is 14.9 Å². The number of aromatic nitrogens is 1. The highest BCUT2D eigenvalue weighted by Crippen LogP contribution is 2.18. The molecule has 3 aromatic rings. The van der Waals surface area contributed by atoms with E-state index in [4.69, 9.17) is 16.7 Å². The first kappa shape index (κ1) is 22.9. The third kappa shape index (κ3) is 6.86. The first-order chi connectivity index (χ1) is 14.7. The Morgan fingerprint density at radius 1 is 1.06 bits per heavy atom. The normalized spacial score (nSPS) is 11.2. The smallest absolute Gasteiger partial charge is 0.257 e. The standard InChI is InChI=1S/C20H19ClN4O4S2/c21-15-5-3-14(4-6-15)19(27)25-20-24-16(12-30-20)7-10-18(26)23-11-13-1-8-17(9-2-13)31(22,28)29/h1-6,8-9,12H,7,10-11H2,(H,23,26)(H2,22,28,29)(H,24,25,27). The van der Waals surface area contributed by atoms with Gasteiger partial charge in [-0.25, -0.2) is 18.5 Å². The van der Waals surface area contributed by atoms with Crippen LogP contribution in [0, 0.1) is 0 Å². The number of amides is 2. The third-order valence-electron chi connectivity index (χ3n) is 4.23. The summed E-state index contributed by atoms with van der Waals surface area (Å²) >= 11 is 7.10. The summed E-state index contributed by atoms with van der Waals surface area (Å²) in [6.07, 6.45) is 0.646. The van der Waals surface area contributed by atoms with Crippen molar-refractivity contribution < 1.29 is 18.0 Å². The molecule has 0 unspecified atom stereocenters. The lowest BCUT2D eigenvalue weighted by Gasteiger charge is -2.06. The van der Waals surface area contributed by atoms with Crippen LogP contribution in [-0.4, -0.2) is 25.2 Å². The molecule has 0 aliphatic heterocycles. The molecule has 162 valence electrons. The van der Waals surface area contributed by atoms with Crippen LogP contribution in [0.5, 0.6) is 0 Å². The van der Waals surface area contributed by atoms with Crippen LogP contribution in [-0.2, 0) is 27.8 Å². The van der Waals surface area contributed by atoms with E-state index in [2.05, 4.69) is 15.6 Å². The van der Waals surface area contributed by atoms with Crippen molar-refractivity contribution in [1.29, 1.82) is 0 Å². The number of thiazole rings is 1. The second-order valence-corrected chi connectivity index (χ2v) is 9.43. The maximum atomic E-state index is 12.2. The number of sulfonamides is 1. The van der Waals surface area contributed by atoms with E-state index < -0.39 is 10.0 Å². The molecule has 0 aliphatic rings. The number of benzene rings is 2. The molecular formula is C20H19ClN4O4S2. The molecule has 0 radical (unpaired) electrons. The molecule has 1 heterocycles. The summed E-state index contributed by atoms with van der Waals surface area (Å²) in [5.41, 5.74) is 1.92. The monoisotopic (exact) mass is 478 g/mol. The van der Waals surface area contributed by atoms with Gasteiger partial charge in [0, 0.05) is 28.9 Å². The predicted molar refractivity (Wildman–Crippen MR) is 120 cm³/mol. The zero-order valence-electron chi connectivity index (χ0n) is 16.2. The van der Waals surface area contributed by atoms with Crippen molar-refractivity contribution in [2.45, 2.75) is 24.3 Å². The van der Waals surface area contributed by atoms with Gasteiger partial charge in [-0.1, -0.05) is 23.7 Å². The fraction of sp³-hybridized carbons (Fsp3) is 0.150. The Labute approximate surface area is 188 Å². The van der Waals surface area contributed by atoms with E-state index in [1.54, 1.807) is 41.8 Å². The number of carbonyl (C=O) groups excluding carboxylic acids is 2. The van der Waals surface area contributed by atoms with E-state index in [9.17, 15) is 18.0 Å². The van der Waals surface area contributed by atoms with Gasteiger partial charge in [-0.05, 0) is 48.4 Å². The number of hydrogen-bond donors (Lipinski definition) is 3. The van der Waals surface area contributed by atoms with Gasteiger partial charge >= 0.3 is 0 Å². The first-order valence-electron chi connectivity index (χ1n) is 9.10. The lowest BCUT2D eigenvalue weighted by atomic mass is 10.2. The summed E-state index contributed by atoms with van der Waals surface area (Å²) in [4.78, 5) is 28.6. The first-order valence-corrected chi connectivity index (χ1v) is 11.9. The molecule has 0 saturated carbocycles. The van der Waals surface area contributed by atoms with Crippen LogP contribution in [0.3, 0.4) is 0 Å². The maximum Gasteiger partial charge on any atom is 0.257 e. The maximum absolute atomic E-state index is 12.2. The highest BCUT2D eigenvalue weighted by Gasteiger charge is 2.11. The molecule has 2 amide bonds. The van der Waals surface area contributed by atoms with Crippen LogP contribution < -0.4 is 15.8 Å². The van der Waals surface area contributed by atoms with Crippen molar-refractivity contribution in [3.63, 3.8) is 0 Å². The zero-order chi connectivity index (χ0) is 22.4. The summed E-state index contributed by atoms with van der Waals surface area (Å²) in [6, 6.07) is 12.5. The number of hydrogen-bond acceptors (Lipinski definition) is 6. The number of aryl methyl sites for hydroxylation is 1. The highest BCUT2D eigenvalue weighted by atomic mass is 35.5. The molecule has 0 fully saturated rings. The summed E-state index contributed by atoms with van der Waals surface area (Å²) in [5.74, 6) is -0.459. The van der Waals surface area contributed by atoms with Crippen molar-refractivity contribution in [1.82, 2.24) is 10.3 Å². The third-order valence-corrected chi connectivity index (χ3v) is 6.22. The lowest BCUT2D eigenvalue weighted by Crippen LogP contribution is -2.23. The molecule has 0 spiro atoms. The lowest BCUT2D eigenvalue weighted by molar-refractivity contribution is -0.121. The van der Waals surface area contributed by atoms with Crippen molar-refractivity contribution in [3.8, 4) is 0 Å². The van der Waals surface area contributed by atoms with Crippen LogP contribution in [0.15, 0.2) is 58.8 Å². The summed E-state index contributed by atoms with van der Waals surface area (Å²) in [5, 5.41) is 13.3. The Morgan fingerprint density at radius 3 is 2.39 bits per heavy atom. The van der Waals surface area contributed by atoms with Crippen molar-refractivity contribution in [2.24, 2.45) is 5.14 Å². The minimum Gasteiger partial charge on any atom is -0.352 e. The number of nitrogens with one attached hydrogen (secondary N) is 2. The SMILES string of the molecule is NS(=O)(=O)c1ccc(CNC(=O)CCc2csc(NC(=O)c3ccc(Cl)cc3)n2)cc1. The van der Waals surface area contributed by atoms with Crippen molar-refractivity contribution >= 4 is 49.9 Å². The number of halogens is 1. The Kier molecular flexibility index (Phi) is 7.39. The minimum absolute atomic E-state index is 0.0186. The molecule has 2 aromatic carbocycles. The van der Waals surface area contributed by atoms with Crippen LogP contribution in [0.4, 0.5) is 5.13 Å². The summed E-state index contributed by atoms with van der Waals surface area (Å²) < 4.78 is 22.5. The largest absolute Gasteiger partial charge is 0.352 e. The van der Waals surface area contributed by atoms with Gasteiger partial charge in [0.2, 0.25) is 15.9 Å². The average Bonchev–Trinajstić information content (AvgIpc) is 3.18. The van der Waals surface area contributed by atoms with Crippen LogP contribution in [0.25, 0.3) is 0 Å². The van der Waals surface area contributed by atoms with Crippen LogP contribution in [0.2, 0.25) is 5.02 Å². The van der Waals surface area contributed by atoms with Gasteiger partial charge in [-0.15, -0.1) is 11.3 Å². The van der Waals surface area contributed by atoms with E-state index in [1.165, 1.54) is 23.5 Å². The van der Waals surface area contributed by atoms with E-state index in [0.29, 0.717) is 27.8 Å². The molecule has 4 N–H and O–H groups in total. The number of nitrogens with zero attached hydrogens (tertiary/aromatic N) is 1. The quantitative estimate of drug-likeness (QED) is 0.458. The average molecular weight is 479 g/mol. The second kappa shape index (κ2) is 10.0. The van der Waals surface area contributed by atoms with Crippen molar-refractivity contribution in [3.05, 3.63) is 75.8 Å². The van der Waals surface area contributed by atoms with Gasteiger partial charge in [-0.2, -0.15) is 0 Å². The molecule has 3 rings (SSSR count). The number of anilines is 1. The number of carbonyl (C=O) groups is 2. The van der Waals surface area contributed by atoms with Gasteiger partial charge in [0.25, 0.3) is 5.91 Å². The topological polar surface area (TPSA) is 131 Å². The molecular weight excluding hydrogens is 460 g/mol. The van der Waals surface area contributed by atoms with Crippen molar-refractivity contribution in [2.75, 3.05) is 5.32 Å². The molecule has 11 heteroatoms. The Bertz CT molecular complexity index is 1180. The molecule has 0 saturated heterocycles. The van der Waals surface area contributed by atoms with E-state index >= 15 is 0 Å². The molecule has 1 aromatic heterocycles. The Hall–Kier alpha value is -2.79. The number of nitrogens with two attached hydrogens (primary N) is 1. The van der Waals surface area contributed by atoms with Crippen LogP contribution >= 0.6 is 22.9 Å². The highest BCUT2D eigenvalue weighted by molar-refractivity contribution is 7.89. The van der Waals surface area contributed by atoms with E-state index in [-0.39, 0.29) is 29.7 Å². The van der Waals surface area contributed by atoms with E-state index in [0.717, 1.165) is 5.56 Å². The van der Waals surface area contributed by atoms with Gasteiger partial charge in [0.15, 0.2) is 5.13 Å². The predicted octanol–water partition coefficient (Wildman–Crippen LogP) is 2.95. The molecule has 0 bridgehead atoms. The molecule has 0 aliphatic carbocycles. The summed E-state index contributed by atoms with van der Waals surface area (Å²) in [7, 11) is -3.74. The minimum atomic E-state index is -3.74. The molecule has 8 nitrogen and oxygen atoms in total. The summed E-state index contributed by atoms with van der Waals surface area (Å²) in [6.45, 7) is 0.267. The molecule has 31 heavy (non-hydrogen) atoms. The second-order valence-electron chi connectivity index (χ2n) is 6.57. The number of rotatable bonds is 8. The Morgan fingerprint density at radius 2 is 1.74 bits per heavy atom. The fourth-order valence-electron chi connectivity index (χ4n) is 2.58. The van der Waals surface area contributed by atoms with Gasteiger partial charge in [0.05, 0.1) is 10.6 Å². The van der Waals surface area contributed by atoms with Gasteiger partial charge < -0.3 is 5.32 Å². The fourth-order valence-corrected chi connectivity index (χ4v) is 3.96. The zero-order valence-corrected chi connectivity index (χ0v) is 18.6. The number of primary sulfonamides is 1. The van der Waals surface area contributed by atoms with E-state index in [1.807, 2.05) is 0 Å². The molecule has 0 atom stereocenters.